The molecule has 5 nitrogen and oxygen atoms in total. The van der Waals surface area contributed by atoms with Gasteiger partial charge in [0.1, 0.15) is 0 Å². The Bertz CT molecular complexity index is 824. The highest BCUT2D eigenvalue weighted by molar-refractivity contribution is 7.13. The Morgan fingerprint density at radius 1 is 1.28 bits per heavy atom. The van der Waals surface area contributed by atoms with Gasteiger partial charge in [-0.3, -0.25) is 4.79 Å². The van der Waals surface area contributed by atoms with E-state index in [1.807, 2.05) is 35.7 Å². The van der Waals surface area contributed by atoms with Crippen molar-refractivity contribution in [1.29, 1.82) is 0 Å². The van der Waals surface area contributed by atoms with Crippen LogP contribution < -0.4 is 5.32 Å². The number of benzene rings is 1. The number of aromatic nitrogens is 2. The maximum absolute atomic E-state index is 12.0. The van der Waals surface area contributed by atoms with Crippen LogP contribution in [0, 0.1) is 0 Å². The van der Waals surface area contributed by atoms with Crippen LogP contribution in [0.4, 0.5) is 5.13 Å². The van der Waals surface area contributed by atoms with Crippen molar-refractivity contribution in [3.8, 4) is 11.3 Å². The van der Waals surface area contributed by atoms with Crippen LogP contribution in [0.5, 0.6) is 0 Å². The van der Waals surface area contributed by atoms with Crippen molar-refractivity contribution in [3.05, 3.63) is 53.5 Å². The fourth-order valence-electron chi connectivity index (χ4n) is 2.35. The minimum Gasteiger partial charge on any atom is -0.441 e. The van der Waals surface area contributed by atoms with Gasteiger partial charge in [-0.15, -0.1) is 11.3 Å². The second-order valence-corrected chi connectivity index (χ2v) is 6.98. The highest BCUT2D eigenvalue weighted by atomic mass is 32.1. The van der Waals surface area contributed by atoms with E-state index < -0.39 is 0 Å². The third kappa shape index (κ3) is 4.76. The quantitative estimate of drug-likeness (QED) is 0.655. The van der Waals surface area contributed by atoms with Gasteiger partial charge in [0.15, 0.2) is 16.8 Å². The van der Waals surface area contributed by atoms with Crippen molar-refractivity contribution in [2.75, 3.05) is 5.32 Å². The molecule has 2 aromatic heterocycles. The summed E-state index contributed by atoms with van der Waals surface area (Å²) in [4.78, 5) is 20.7. The minimum absolute atomic E-state index is 0.0282. The molecule has 1 aromatic carbocycles. The van der Waals surface area contributed by atoms with Crippen LogP contribution >= 0.6 is 11.3 Å². The number of rotatable bonds is 7. The van der Waals surface area contributed by atoms with Gasteiger partial charge in [-0.2, -0.15) is 0 Å². The van der Waals surface area contributed by atoms with Crippen molar-refractivity contribution < 1.29 is 9.21 Å². The van der Waals surface area contributed by atoms with E-state index in [0.29, 0.717) is 36.2 Å². The molecule has 0 fully saturated rings. The van der Waals surface area contributed by atoms with Crippen LogP contribution in [0.3, 0.4) is 0 Å². The molecule has 1 N–H and O–H groups in total. The summed E-state index contributed by atoms with van der Waals surface area (Å²) in [6.07, 6.45) is 3.46. The highest BCUT2D eigenvalue weighted by Gasteiger charge is 2.10. The third-order valence-corrected chi connectivity index (χ3v) is 4.54. The van der Waals surface area contributed by atoms with Crippen LogP contribution in [0.25, 0.3) is 11.3 Å². The lowest BCUT2D eigenvalue weighted by atomic mass is 10.2. The largest absolute Gasteiger partial charge is 0.441 e. The standard InChI is InChI=1S/C19H21N3O2S/c1-13(2)15-12-25-19(21-15)22-17(23)9-6-10-18-20-11-16(24-18)14-7-4-3-5-8-14/h3-5,7-8,11-13H,6,9-10H2,1-2H3,(H,21,22,23). The highest BCUT2D eigenvalue weighted by Crippen LogP contribution is 2.22. The number of carbonyl (C=O) groups excluding carboxylic acids is 1. The Hall–Kier alpha value is -2.47. The van der Waals surface area contributed by atoms with E-state index in [-0.39, 0.29) is 5.91 Å². The second-order valence-electron chi connectivity index (χ2n) is 6.12. The number of thiazole rings is 1. The zero-order valence-corrected chi connectivity index (χ0v) is 15.2. The Kier molecular flexibility index (Phi) is 5.60. The predicted molar refractivity (Wildman–Crippen MR) is 99.7 cm³/mol. The van der Waals surface area contributed by atoms with E-state index in [0.717, 1.165) is 17.0 Å². The van der Waals surface area contributed by atoms with Crippen LogP contribution in [0.15, 0.2) is 46.3 Å². The number of nitrogens with one attached hydrogen (secondary N) is 1. The summed E-state index contributed by atoms with van der Waals surface area (Å²) in [5, 5.41) is 5.50. The smallest absolute Gasteiger partial charge is 0.226 e. The van der Waals surface area contributed by atoms with Crippen LogP contribution in [-0.4, -0.2) is 15.9 Å². The molecule has 0 saturated heterocycles. The predicted octanol–water partition coefficient (Wildman–Crippen LogP) is 4.88. The number of hydrogen-bond donors (Lipinski definition) is 1. The van der Waals surface area contributed by atoms with Crippen LogP contribution in [0.1, 0.15) is 44.2 Å². The SMILES string of the molecule is CC(C)c1csc(NC(=O)CCCc2ncc(-c3ccccc3)o2)n1. The van der Waals surface area contributed by atoms with E-state index in [4.69, 9.17) is 4.42 Å². The monoisotopic (exact) mass is 355 g/mol. The van der Waals surface area contributed by atoms with Gasteiger partial charge in [0.05, 0.1) is 11.9 Å². The lowest BCUT2D eigenvalue weighted by Crippen LogP contribution is -2.11. The summed E-state index contributed by atoms with van der Waals surface area (Å²) in [5.41, 5.74) is 2.01. The molecule has 130 valence electrons. The molecular weight excluding hydrogens is 334 g/mol. The number of anilines is 1. The Morgan fingerprint density at radius 2 is 2.08 bits per heavy atom. The Balaban J connectivity index is 1.46. The summed E-state index contributed by atoms with van der Waals surface area (Å²) in [6, 6.07) is 9.86. The minimum atomic E-state index is -0.0282. The molecule has 3 aromatic rings. The molecule has 25 heavy (non-hydrogen) atoms. The Morgan fingerprint density at radius 3 is 2.80 bits per heavy atom. The van der Waals surface area contributed by atoms with Gasteiger partial charge >= 0.3 is 0 Å². The molecule has 0 aliphatic carbocycles. The summed E-state index contributed by atoms with van der Waals surface area (Å²) in [6.45, 7) is 4.17. The van der Waals surface area contributed by atoms with Gasteiger partial charge in [0.25, 0.3) is 0 Å². The number of hydrogen-bond acceptors (Lipinski definition) is 5. The zero-order valence-electron chi connectivity index (χ0n) is 14.4. The van der Waals surface area contributed by atoms with Gasteiger partial charge < -0.3 is 9.73 Å². The molecule has 0 unspecified atom stereocenters. The molecule has 0 atom stereocenters. The molecule has 0 aliphatic rings. The van der Waals surface area contributed by atoms with Crippen molar-refractivity contribution in [1.82, 2.24) is 9.97 Å². The average Bonchev–Trinajstić information content (AvgIpc) is 3.25. The fraction of sp³-hybridized carbons (Fsp3) is 0.316. The fourth-order valence-corrected chi connectivity index (χ4v) is 3.24. The molecule has 0 aliphatic heterocycles. The van der Waals surface area contributed by atoms with Crippen molar-refractivity contribution in [2.24, 2.45) is 0 Å². The number of aryl methyl sites for hydroxylation is 1. The van der Waals surface area contributed by atoms with Gasteiger partial charge in [0, 0.05) is 23.8 Å². The molecular formula is C19H21N3O2S. The molecule has 0 bridgehead atoms. The molecule has 1 amide bonds. The van der Waals surface area contributed by atoms with Gasteiger partial charge in [-0.25, -0.2) is 9.97 Å². The van der Waals surface area contributed by atoms with Crippen molar-refractivity contribution in [2.45, 2.75) is 39.0 Å². The van der Waals surface area contributed by atoms with E-state index in [2.05, 4.69) is 29.1 Å². The number of nitrogens with zero attached hydrogens (tertiary/aromatic N) is 2. The molecule has 0 saturated carbocycles. The normalized spacial score (nSPS) is 11.0. The summed E-state index contributed by atoms with van der Waals surface area (Å²) in [5.74, 6) is 1.75. The number of oxazole rings is 1. The number of carbonyl (C=O) groups is 1. The van der Waals surface area contributed by atoms with E-state index in [1.54, 1.807) is 6.20 Å². The average molecular weight is 355 g/mol. The van der Waals surface area contributed by atoms with Crippen LogP contribution in [-0.2, 0) is 11.2 Å². The van der Waals surface area contributed by atoms with E-state index in [9.17, 15) is 4.79 Å². The summed E-state index contributed by atoms with van der Waals surface area (Å²) >= 11 is 1.46. The first-order valence-corrected chi connectivity index (χ1v) is 9.25. The van der Waals surface area contributed by atoms with Gasteiger partial charge in [-0.05, 0) is 12.3 Å². The molecule has 6 heteroatoms. The topological polar surface area (TPSA) is 68.0 Å². The number of amides is 1. The van der Waals surface area contributed by atoms with E-state index >= 15 is 0 Å². The second kappa shape index (κ2) is 8.07. The first-order valence-electron chi connectivity index (χ1n) is 8.37. The van der Waals surface area contributed by atoms with Crippen LogP contribution in [0.2, 0.25) is 0 Å². The summed E-state index contributed by atoms with van der Waals surface area (Å²) < 4.78 is 5.75. The lowest BCUT2D eigenvalue weighted by Gasteiger charge is -2.01. The molecule has 0 spiro atoms. The lowest BCUT2D eigenvalue weighted by molar-refractivity contribution is -0.116. The maximum Gasteiger partial charge on any atom is 0.226 e. The van der Waals surface area contributed by atoms with Crippen molar-refractivity contribution in [3.63, 3.8) is 0 Å². The van der Waals surface area contributed by atoms with Gasteiger partial charge in [-0.1, -0.05) is 44.2 Å². The first kappa shape index (κ1) is 17.4. The molecule has 0 radical (unpaired) electrons. The third-order valence-electron chi connectivity index (χ3n) is 3.77. The van der Waals surface area contributed by atoms with Gasteiger partial charge in [0.2, 0.25) is 5.91 Å². The molecule has 2 heterocycles. The Labute approximate surface area is 151 Å². The summed E-state index contributed by atoms with van der Waals surface area (Å²) in [7, 11) is 0. The maximum atomic E-state index is 12.0. The zero-order chi connectivity index (χ0) is 17.6. The van der Waals surface area contributed by atoms with Crippen molar-refractivity contribution >= 4 is 22.4 Å². The van der Waals surface area contributed by atoms with E-state index in [1.165, 1.54) is 11.3 Å². The molecule has 3 rings (SSSR count). The first-order chi connectivity index (χ1) is 12.1.